The van der Waals surface area contributed by atoms with Gasteiger partial charge in [0, 0.05) is 32.6 Å². The molecule has 2 aromatic rings. The number of para-hydroxylation sites is 2. The zero-order chi connectivity index (χ0) is 22.8. The van der Waals surface area contributed by atoms with Crippen LogP contribution in [-0.4, -0.2) is 66.7 Å². The second-order valence-corrected chi connectivity index (χ2v) is 8.10. The summed E-state index contributed by atoms with van der Waals surface area (Å²) < 4.78 is 5.50. The van der Waals surface area contributed by atoms with Crippen molar-refractivity contribution in [3.05, 3.63) is 59.7 Å². The van der Waals surface area contributed by atoms with Gasteiger partial charge in [0.05, 0.1) is 24.9 Å². The molecular weight excluding hydrogens is 406 g/mol. The number of benzene rings is 2. The van der Waals surface area contributed by atoms with Crippen LogP contribution in [0.1, 0.15) is 36.8 Å². The Kier molecular flexibility index (Phi) is 8.92. The number of hydrogen-bond acceptors (Lipinski definition) is 6. The van der Waals surface area contributed by atoms with Crippen molar-refractivity contribution in [1.29, 1.82) is 0 Å². The smallest absolute Gasteiger partial charge is 0.303 e. The van der Waals surface area contributed by atoms with E-state index in [1.54, 1.807) is 7.11 Å². The van der Waals surface area contributed by atoms with E-state index in [0.29, 0.717) is 5.71 Å². The highest BCUT2D eigenvalue weighted by atomic mass is 16.5. The number of anilines is 1. The largest absolute Gasteiger partial charge is 0.495 e. The van der Waals surface area contributed by atoms with Crippen LogP contribution in [0.5, 0.6) is 5.75 Å². The molecule has 0 aliphatic carbocycles. The molecule has 7 nitrogen and oxygen atoms in total. The molecule has 1 aliphatic rings. The number of aliphatic carboxylic acids is 1. The maximum atomic E-state index is 10.7. The first kappa shape index (κ1) is 23.6. The Morgan fingerprint density at radius 3 is 2.38 bits per heavy atom. The molecule has 7 heteroatoms. The number of carbonyl (C=O) groups is 1. The minimum atomic E-state index is -0.899. The van der Waals surface area contributed by atoms with Gasteiger partial charge in [-0.15, -0.1) is 0 Å². The number of carboxylic acid groups (broad SMARTS) is 1. The van der Waals surface area contributed by atoms with Crippen molar-refractivity contribution in [3.8, 4) is 5.75 Å². The Morgan fingerprint density at radius 1 is 1.00 bits per heavy atom. The number of aryl methyl sites for hydroxylation is 1. The molecule has 32 heavy (non-hydrogen) atoms. The number of hydrogen-bond donors (Lipinski definition) is 2. The molecule has 1 heterocycles. The van der Waals surface area contributed by atoms with Gasteiger partial charge in [-0.1, -0.05) is 41.6 Å². The summed E-state index contributed by atoms with van der Waals surface area (Å²) in [5.74, 6) is 0.0372. The van der Waals surface area contributed by atoms with Gasteiger partial charge in [0.1, 0.15) is 5.75 Å². The van der Waals surface area contributed by atoms with Crippen LogP contribution in [0.3, 0.4) is 0 Å². The average molecular weight is 440 g/mol. The summed E-state index contributed by atoms with van der Waals surface area (Å²) in [7, 11) is 1.72. The lowest BCUT2D eigenvalue weighted by molar-refractivity contribution is -0.136. The predicted molar refractivity (Wildman–Crippen MR) is 126 cm³/mol. The average Bonchev–Trinajstić information content (AvgIpc) is 2.83. The number of methoxy groups -OCH3 is 1. The van der Waals surface area contributed by atoms with E-state index in [9.17, 15) is 4.79 Å². The maximum absolute atomic E-state index is 10.7. The van der Waals surface area contributed by atoms with E-state index in [1.807, 2.05) is 36.4 Å². The quantitative estimate of drug-likeness (QED) is 0.239. The highest BCUT2D eigenvalue weighted by Crippen LogP contribution is 2.28. The molecule has 2 N–H and O–H groups in total. The van der Waals surface area contributed by atoms with Crippen molar-refractivity contribution in [3.63, 3.8) is 0 Å². The van der Waals surface area contributed by atoms with Crippen LogP contribution < -0.4 is 9.64 Å². The second-order valence-electron chi connectivity index (χ2n) is 8.10. The van der Waals surface area contributed by atoms with E-state index in [-0.39, 0.29) is 12.8 Å². The first-order chi connectivity index (χ1) is 15.6. The summed E-state index contributed by atoms with van der Waals surface area (Å²) in [4.78, 5) is 15.7. The fraction of sp³-hybridized carbons (Fsp3) is 0.440. The number of unbranched alkanes of at least 4 members (excludes halogenated alkanes) is 1. The number of rotatable bonds is 11. The minimum absolute atomic E-state index is 0.0473. The van der Waals surface area contributed by atoms with E-state index in [2.05, 4.69) is 27.1 Å². The number of oxime groups is 1. The highest BCUT2D eigenvalue weighted by molar-refractivity contribution is 6.01. The lowest BCUT2D eigenvalue weighted by atomic mass is 10.0. The topological polar surface area (TPSA) is 85.6 Å². The van der Waals surface area contributed by atoms with Gasteiger partial charge in [-0.2, -0.15) is 0 Å². The lowest BCUT2D eigenvalue weighted by Crippen LogP contribution is -2.46. The first-order valence-electron chi connectivity index (χ1n) is 11.2. The number of piperazine rings is 1. The van der Waals surface area contributed by atoms with Gasteiger partial charge in [-0.3, -0.25) is 9.69 Å². The summed E-state index contributed by atoms with van der Waals surface area (Å²) >= 11 is 0. The Labute approximate surface area is 189 Å². The molecule has 0 spiro atoms. The van der Waals surface area contributed by atoms with Gasteiger partial charge < -0.3 is 20.0 Å². The van der Waals surface area contributed by atoms with Crippen LogP contribution in [0.25, 0.3) is 0 Å². The minimum Gasteiger partial charge on any atom is -0.495 e. The van der Waals surface area contributed by atoms with Gasteiger partial charge >= 0.3 is 5.97 Å². The Morgan fingerprint density at radius 2 is 1.72 bits per heavy atom. The molecule has 0 amide bonds. The fourth-order valence-electron chi connectivity index (χ4n) is 4.11. The molecule has 1 fully saturated rings. The fourth-order valence-corrected chi connectivity index (χ4v) is 4.11. The van der Waals surface area contributed by atoms with Crippen molar-refractivity contribution < 1.29 is 19.8 Å². The van der Waals surface area contributed by atoms with Crippen molar-refractivity contribution in [1.82, 2.24) is 4.90 Å². The monoisotopic (exact) mass is 439 g/mol. The van der Waals surface area contributed by atoms with Gasteiger partial charge in [-0.25, -0.2) is 0 Å². The number of ether oxygens (including phenoxy) is 1. The van der Waals surface area contributed by atoms with E-state index in [4.69, 9.17) is 15.1 Å². The molecular formula is C25H33N3O4. The molecule has 172 valence electrons. The third-order valence-corrected chi connectivity index (χ3v) is 5.97. The summed E-state index contributed by atoms with van der Waals surface area (Å²) in [6.45, 7) is 5.25. The van der Waals surface area contributed by atoms with Crippen LogP contribution in [0, 0.1) is 0 Å². The van der Waals surface area contributed by atoms with Crippen molar-refractivity contribution in [2.24, 2.45) is 5.16 Å². The van der Waals surface area contributed by atoms with Gasteiger partial charge in [0.15, 0.2) is 0 Å². The summed E-state index contributed by atoms with van der Waals surface area (Å²) in [5, 5.41) is 21.2. The van der Waals surface area contributed by atoms with Gasteiger partial charge in [0.25, 0.3) is 0 Å². The third kappa shape index (κ3) is 6.72. The normalized spacial score (nSPS) is 15.0. The molecule has 0 aromatic heterocycles. The predicted octanol–water partition coefficient (Wildman–Crippen LogP) is 3.88. The Bertz CT molecular complexity index is 890. The molecule has 3 rings (SSSR count). The molecule has 0 unspecified atom stereocenters. The maximum Gasteiger partial charge on any atom is 0.303 e. The first-order valence-corrected chi connectivity index (χ1v) is 11.2. The molecule has 0 bridgehead atoms. The van der Waals surface area contributed by atoms with Gasteiger partial charge in [0.2, 0.25) is 0 Å². The van der Waals surface area contributed by atoms with Crippen molar-refractivity contribution >= 4 is 17.4 Å². The Balaban J connectivity index is 1.37. The van der Waals surface area contributed by atoms with E-state index in [1.165, 1.54) is 11.3 Å². The van der Waals surface area contributed by atoms with Crippen LogP contribution in [0.15, 0.2) is 53.7 Å². The van der Waals surface area contributed by atoms with E-state index >= 15 is 0 Å². The third-order valence-electron chi connectivity index (χ3n) is 5.97. The zero-order valence-electron chi connectivity index (χ0n) is 18.7. The molecule has 2 aromatic carbocycles. The van der Waals surface area contributed by atoms with Crippen LogP contribution >= 0.6 is 0 Å². The Hall–Kier alpha value is -3.06. The molecule has 0 atom stereocenters. The summed E-state index contributed by atoms with van der Waals surface area (Å²) in [5.41, 5.74) is 3.59. The van der Waals surface area contributed by atoms with Gasteiger partial charge in [-0.05, 0) is 49.1 Å². The molecule has 0 saturated carbocycles. The van der Waals surface area contributed by atoms with Crippen LogP contribution in [0.4, 0.5) is 5.69 Å². The van der Waals surface area contributed by atoms with E-state index < -0.39 is 5.97 Å². The zero-order valence-corrected chi connectivity index (χ0v) is 18.7. The number of carboxylic acids is 1. The van der Waals surface area contributed by atoms with Crippen molar-refractivity contribution in [2.45, 2.75) is 32.1 Å². The molecule has 1 aliphatic heterocycles. The molecule has 1 saturated heterocycles. The SMILES string of the molecule is COc1ccccc1N1CCN(CCCCc2ccc(C(CCC(=O)O)=NO)cc2)CC1. The standard InChI is InChI=1S/C25H33N3O4/c1-32-24-8-3-2-7-23(24)28-18-16-27(17-19-28)15-5-4-6-20-9-11-21(12-10-20)22(26-31)13-14-25(29)30/h2-3,7-12,31H,4-6,13-19H2,1H3,(H,29,30). The lowest BCUT2D eigenvalue weighted by Gasteiger charge is -2.36. The van der Waals surface area contributed by atoms with Crippen LogP contribution in [-0.2, 0) is 11.2 Å². The van der Waals surface area contributed by atoms with Crippen LogP contribution in [0.2, 0.25) is 0 Å². The summed E-state index contributed by atoms with van der Waals surface area (Å²) in [6.07, 6.45) is 3.44. The highest BCUT2D eigenvalue weighted by Gasteiger charge is 2.19. The molecule has 0 radical (unpaired) electrons. The summed E-state index contributed by atoms with van der Waals surface area (Å²) in [6, 6.07) is 16.1. The van der Waals surface area contributed by atoms with E-state index in [0.717, 1.165) is 63.3 Å². The van der Waals surface area contributed by atoms with Crippen molar-refractivity contribution in [2.75, 3.05) is 44.7 Å². The second kappa shape index (κ2) is 12.1. The number of nitrogens with zero attached hydrogens (tertiary/aromatic N) is 3.